The predicted molar refractivity (Wildman–Crippen MR) is 95.6 cm³/mol. The first-order valence-corrected chi connectivity index (χ1v) is 9.01. The number of aliphatic hydroxyl groups excluding tert-OH is 4. The van der Waals surface area contributed by atoms with Crippen LogP contribution < -0.4 is 5.32 Å². The minimum Gasteiger partial charge on any atom is -0.394 e. The Kier molecular flexibility index (Phi) is 6.70. The molecule has 1 aromatic heterocycles. The molecule has 5 atom stereocenters. The van der Waals surface area contributed by atoms with E-state index in [1.807, 2.05) is 30.3 Å². The Labute approximate surface area is 161 Å². The summed E-state index contributed by atoms with van der Waals surface area (Å²) in [4.78, 5) is 12.1. The molecule has 2 aromatic rings. The molecule has 1 aliphatic heterocycles. The lowest BCUT2D eigenvalue weighted by molar-refractivity contribution is -0.254. The molecule has 5 N–H and O–H groups in total. The highest BCUT2D eigenvalue weighted by Crippen LogP contribution is 2.28. The van der Waals surface area contributed by atoms with Crippen LogP contribution in [0.15, 0.2) is 36.5 Å². The number of ether oxygens (including phenoxy) is 1. The van der Waals surface area contributed by atoms with Crippen molar-refractivity contribution in [3.63, 3.8) is 0 Å². The second-order valence-corrected chi connectivity index (χ2v) is 6.65. The molecule has 1 aliphatic rings. The van der Waals surface area contributed by atoms with Crippen LogP contribution in [0.2, 0.25) is 0 Å². The fourth-order valence-corrected chi connectivity index (χ4v) is 3.07. The van der Waals surface area contributed by atoms with Gasteiger partial charge in [0.2, 0.25) is 5.91 Å². The minimum absolute atomic E-state index is 0.0929. The molecule has 152 valence electrons. The van der Waals surface area contributed by atoms with Gasteiger partial charge in [-0.3, -0.25) is 4.79 Å². The zero-order chi connectivity index (χ0) is 20.1. The van der Waals surface area contributed by atoms with Crippen LogP contribution in [0.3, 0.4) is 0 Å². The summed E-state index contributed by atoms with van der Waals surface area (Å²) >= 11 is 0. The Hall–Kier alpha value is -2.37. The molecule has 3 rings (SSSR count). The van der Waals surface area contributed by atoms with Crippen molar-refractivity contribution < 1.29 is 30.0 Å². The van der Waals surface area contributed by atoms with Crippen molar-refractivity contribution in [2.24, 2.45) is 0 Å². The van der Waals surface area contributed by atoms with E-state index < -0.39 is 37.3 Å². The lowest BCUT2D eigenvalue weighted by Gasteiger charge is -2.40. The van der Waals surface area contributed by atoms with E-state index in [1.54, 1.807) is 0 Å². The molecule has 10 heteroatoms. The highest BCUT2D eigenvalue weighted by atomic mass is 16.6. The van der Waals surface area contributed by atoms with Crippen molar-refractivity contribution in [3.05, 3.63) is 47.8 Å². The predicted octanol–water partition coefficient (Wildman–Crippen LogP) is -1.50. The van der Waals surface area contributed by atoms with Crippen molar-refractivity contribution in [3.8, 4) is 0 Å². The standard InChI is InChI=1S/C18H24N4O6/c23-10-13-15(25)16(26)17(27)18(28-13)22-12(9-20-21-22)8-19-14(24)7-6-11-4-2-1-3-5-11/h1-5,9,13,15-18,23,25-27H,6-8,10H2,(H,19,24)/t13-,15-,16+,17-,18-/m1/s1. The number of nitrogens with zero attached hydrogens (tertiary/aromatic N) is 3. The molecule has 1 amide bonds. The van der Waals surface area contributed by atoms with E-state index in [1.165, 1.54) is 10.9 Å². The Morgan fingerprint density at radius 2 is 1.89 bits per heavy atom. The van der Waals surface area contributed by atoms with Crippen LogP contribution in [-0.4, -0.2) is 72.3 Å². The normalized spacial score (nSPS) is 27.5. The summed E-state index contributed by atoms with van der Waals surface area (Å²) in [6.45, 7) is -0.447. The lowest BCUT2D eigenvalue weighted by Crippen LogP contribution is -2.56. The molecule has 0 radical (unpaired) electrons. The van der Waals surface area contributed by atoms with Gasteiger partial charge in [0.1, 0.15) is 24.4 Å². The zero-order valence-electron chi connectivity index (χ0n) is 15.1. The van der Waals surface area contributed by atoms with Gasteiger partial charge in [0.25, 0.3) is 0 Å². The SMILES string of the molecule is O=C(CCc1ccccc1)NCc1cnnn1[C@@H]1O[C@H](CO)[C@@H](O)[C@H](O)[C@H]1O. The van der Waals surface area contributed by atoms with E-state index in [4.69, 9.17) is 4.74 Å². The van der Waals surface area contributed by atoms with E-state index in [9.17, 15) is 25.2 Å². The fourth-order valence-electron chi connectivity index (χ4n) is 3.07. The van der Waals surface area contributed by atoms with Crippen LogP contribution in [0.25, 0.3) is 0 Å². The Morgan fingerprint density at radius 1 is 1.14 bits per heavy atom. The minimum atomic E-state index is -1.52. The van der Waals surface area contributed by atoms with Crippen molar-refractivity contribution in [2.45, 2.75) is 50.0 Å². The monoisotopic (exact) mass is 392 g/mol. The first-order valence-electron chi connectivity index (χ1n) is 9.01. The molecule has 0 bridgehead atoms. The summed E-state index contributed by atoms with van der Waals surface area (Å²) in [5, 5.41) is 49.7. The van der Waals surface area contributed by atoms with Crippen LogP contribution >= 0.6 is 0 Å². The van der Waals surface area contributed by atoms with Gasteiger partial charge in [0, 0.05) is 6.42 Å². The highest BCUT2D eigenvalue weighted by Gasteiger charge is 2.45. The van der Waals surface area contributed by atoms with Crippen molar-refractivity contribution in [1.29, 1.82) is 0 Å². The molecular weight excluding hydrogens is 368 g/mol. The number of hydrogen-bond donors (Lipinski definition) is 5. The third kappa shape index (κ3) is 4.54. The van der Waals surface area contributed by atoms with Gasteiger partial charge in [-0.15, -0.1) is 5.10 Å². The van der Waals surface area contributed by atoms with Gasteiger partial charge in [-0.05, 0) is 12.0 Å². The molecule has 10 nitrogen and oxygen atoms in total. The summed E-state index contributed by atoms with van der Waals surface area (Å²) in [5.41, 5.74) is 1.50. The zero-order valence-corrected chi connectivity index (χ0v) is 15.1. The maximum atomic E-state index is 12.1. The number of nitrogens with one attached hydrogen (secondary N) is 1. The van der Waals surface area contributed by atoms with E-state index in [-0.39, 0.29) is 12.5 Å². The molecule has 1 aromatic carbocycles. The van der Waals surface area contributed by atoms with Crippen molar-refractivity contribution in [1.82, 2.24) is 20.3 Å². The maximum Gasteiger partial charge on any atom is 0.220 e. The number of hydrogen-bond acceptors (Lipinski definition) is 8. The summed E-state index contributed by atoms with van der Waals surface area (Å²) < 4.78 is 6.69. The number of benzene rings is 1. The van der Waals surface area contributed by atoms with Crippen LogP contribution in [-0.2, 0) is 22.5 Å². The van der Waals surface area contributed by atoms with Crippen LogP contribution in [0.4, 0.5) is 0 Å². The molecule has 0 saturated carbocycles. The average Bonchev–Trinajstić information content (AvgIpc) is 3.18. The number of aryl methyl sites for hydroxylation is 1. The highest BCUT2D eigenvalue weighted by molar-refractivity contribution is 5.76. The Morgan fingerprint density at radius 3 is 2.61 bits per heavy atom. The number of aliphatic hydroxyl groups is 4. The second-order valence-electron chi connectivity index (χ2n) is 6.65. The van der Waals surface area contributed by atoms with Gasteiger partial charge >= 0.3 is 0 Å². The Balaban J connectivity index is 1.59. The van der Waals surface area contributed by atoms with E-state index >= 15 is 0 Å². The molecule has 1 fully saturated rings. The van der Waals surface area contributed by atoms with Gasteiger partial charge < -0.3 is 30.5 Å². The third-order valence-electron chi connectivity index (χ3n) is 4.71. The third-order valence-corrected chi connectivity index (χ3v) is 4.71. The van der Waals surface area contributed by atoms with Gasteiger partial charge in [0.05, 0.1) is 25.0 Å². The number of carbonyl (C=O) groups is 1. The number of amides is 1. The van der Waals surface area contributed by atoms with Crippen LogP contribution in [0.1, 0.15) is 23.9 Å². The maximum absolute atomic E-state index is 12.1. The second kappa shape index (κ2) is 9.22. The van der Waals surface area contributed by atoms with Crippen LogP contribution in [0.5, 0.6) is 0 Å². The summed E-state index contributed by atoms with van der Waals surface area (Å²) in [5.74, 6) is -0.162. The first kappa shape index (κ1) is 20.4. The number of carbonyl (C=O) groups excluding carboxylic acids is 1. The van der Waals surface area contributed by atoms with E-state index in [0.717, 1.165) is 5.56 Å². The van der Waals surface area contributed by atoms with Gasteiger partial charge in [0.15, 0.2) is 6.23 Å². The topological polar surface area (TPSA) is 150 Å². The quantitative estimate of drug-likeness (QED) is 0.382. The summed E-state index contributed by atoms with van der Waals surface area (Å²) in [7, 11) is 0. The molecule has 0 aliphatic carbocycles. The Bertz CT molecular complexity index is 768. The molecule has 28 heavy (non-hydrogen) atoms. The van der Waals surface area contributed by atoms with Crippen LogP contribution in [0, 0.1) is 0 Å². The van der Waals surface area contributed by atoms with E-state index in [0.29, 0.717) is 18.5 Å². The molecule has 0 unspecified atom stereocenters. The molecule has 2 heterocycles. The van der Waals surface area contributed by atoms with Gasteiger partial charge in [-0.25, -0.2) is 4.68 Å². The lowest BCUT2D eigenvalue weighted by atomic mass is 9.98. The van der Waals surface area contributed by atoms with Crippen molar-refractivity contribution in [2.75, 3.05) is 6.61 Å². The number of rotatable bonds is 7. The summed E-state index contributed by atoms with van der Waals surface area (Å²) in [6.07, 6.45) is -4.35. The van der Waals surface area contributed by atoms with Gasteiger partial charge in [-0.1, -0.05) is 35.5 Å². The smallest absolute Gasteiger partial charge is 0.220 e. The average molecular weight is 392 g/mol. The van der Waals surface area contributed by atoms with E-state index in [2.05, 4.69) is 15.6 Å². The van der Waals surface area contributed by atoms with Gasteiger partial charge in [-0.2, -0.15) is 0 Å². The molecule has 1 saturated heterocycles. The first-order chi connectivity index (χ1) is 13.5. The van der Waals surface area contributed by atoms with Crippen molar-refractivity contribution >= 4 is 5.91 Å². The summed E-state index contributed by atoms with van der Waals surface area (Å²) in [6, 6.07) is 9.64. The largest absolute Gasteiger partial charge is 0.394 e. The molecule has 0 spiro atoms. The fraction of sp³-hybridized carbons (Fsp3) is 0.500. The molecular formula is C18H24N4O6. The number of aromatic nitrogens is 3.